The van der Waals surface area contributed by atoms with Crippen LogP contribution in [0.5, 0.6) is 0 Å². The highest BCUT2D eigenvalue weighted by atomic mass is 16.5. The zero-order valence-electron chi connectivity index (χ0n) is 11.6. The zero-order chi connectivity index (χ0) is 12.9. The van der Waals surface area contributed by atoms with Crippen molar-refractivity contribution in [3.05, 3.63) is 29.3 Å². The monoisotopic (exact) mass is 260 g/mol. The van der Waals surface area contributed by atoms with Crippen LogP contribution in [0.2, 0.25) is 0 Å². The van der Waals surface area contributed by atoms with Gasteiger partial charge in [-0.05, 0) is 55.4 Å². The Morgan fingerprint density at radius 1 is 1.21 bits per heavy atom. The molecule has 0 saturated carbocycles. The molecule has 1 heterocycles. The van der Waals surface area contributed by atoms with Crippen molar-refractivity contribution in [1.82, 2.24) is 5.32 Å². The topological polar surface area (TPSA) is 33.3 Å². The summed E-state index contributed by atoms with van der Waals surface area (Å²) in [7, 11) is 0. The first-order chi connectivity index (χ1) is 9.42. The van der Waals surface area contributed by atoms with Gasteiger partial charge in [0.1, 0.15) is 0 Å². The average Bonchev–Trinajstić information content (AvgIpc) is 2.48. The van der Waals surface area contributed by atoms with Gasteiger partial charge in [-0.15, -0.1) is 0 Å². The van der Waals surface area contributed by atoms with Crippen LogP contribution in [0, 0.1) is 0 Å². The molecule has 1 saturated heterocycles. The number of nitrogens with one attached hydrogen (secondary N) is 2. The lowest BCUT2D eigenvalue weighted by Crippen LogP contribution is -2.39. The van der Waals surface area contributed by atoms with Gasteiger partial charge in [0.15, 0.2) is 0 Å². The molecule has 1 aliphatic heterocycles. The number of aryl methyl sites for hydroxylation is 2. The predicted octanol–water partition coefficient (Wildman–Crippen LogP) is 2.36. The molecular formula is C16H24N2O. The highest BCUT2D eigenvalue weighted by Crippen LogP contribution is 2.24. The van der Waals surface area contributed by atoms with Crippen molar-refractivity contribution < 1.29 is 4.74 Å². The fourth-order valence-electron chi connectivity index (χ4n) is 3.03. The maximum Gasteiger partial charge on any atom is 0.0716 e. The molecule has 1 fully saturated rings. The second kappa shape index (κ2) is 6.40. The third-order valence-corrected chi connectivity index (χ3v) is 4.15. The van der Waals surface area contributed by atoms with Crippen LogP contribution in [-0.4, -0.2) is 32.3 Å². The summed E-state index contributed by atoms with van der Waals surface area (Å²) in [4.78, 5) is 0. The molecule has 0 spiro atoms. The Morgan fingerprint density at radius 2 is 2.11 bits per heavy atom. The summed E-state index contributed by atoms with van der Waals surface area (Å²) >= 11 is 0. The van der Waals surface area contributed by atoms with Gasteiger partial charge in [-0.25, -0.2) is 0 Å². The number of ether oxygens (including phenoxy) is 1. The van der Waals surface area contributed by atoms with Crippen molar-refractivity contribution in [3.63, 3.8) is 0 Å². The predicted molar refractivity (Wildman–Crippen MR) is 78.8 cm³/mol. The van der Waals surface area contributed by atoms with Crippen molar-refractivity contribution in [2.24, 2.45) is 0 Å². The Balaban J connectivity index is 1.49. The molecule has 3 rings (SSSR count). The van der Waals surface area contributed by atoms with E-state index >= 15 is 0 Å². The third kappa shape index (κ3) is 3.48. The lowest BCUT2D eigenvalue weighted by atomic mass is 9.91. The summed E-state index contributed by atoms with van der Waals surface area (Å²) in [6.07, 6.45) is 6.66. The molecule has 3 nitrogen and oxygen atoms in total. The number of benzene rings is 1. The van der Waals surface area contributed by atoms with E-state index < -0.39 is 0 Å². The molecule has 1 aromatic carbocycles. The molecule has 104 valence electrons. The van der Waals surface area contributed by atoms with Crippen molar-refractivity contribution in [2.45, 2.75) is 38.2 Å². The quantitative estimate of drug-likeness (QED) is 0.872. The molecule has 0 bridgehead atoms. The Kier molecular flexibility index (Phi) is 4.36. The lowest BCUT2D eigenvalue weighted by Gasteiger charge is -2.24. The first-order valence-electron chi connectivity index (χ1n) is 7.60. The molecule has 1 aliphatic carbocycles. The van der Waals surface area contributed by atoms with E-state index in [1.165, 1.54) is 31.4 Å². The van der Waals surface area contributed by atoms with Crippen molar-refractivity contribution in [1.29, 1.82) is 0 Å². The summed E-state index contributed by atoms with van der Waals surface area (Å²) in [6, 6.07) is 6.87. The third-order valence-electron chi connectivity index (χ3n) is 4.15. The molecule has 1 atom stereocenters. The minimum atomic E-state index is 0.374. The standard InChI is InChI=1S/C16H24N2O/c1-2-4-14-11-15(6-5-13(14)3-1)18-8-7-16-12-17-9-10-19-16/h5-6,11,16-18H,1-4,7-10,12H2. The van der Waals surface area contributed by atoms with Crippen LogP contribution in [0.3, 0.4) is 0 Å². The first kappa shape index (κ1) is 12.9. The van der Waals surface area contributed by atoms with Crippen molar-refractivity contribution in [2.75, 3.05) is 31.6 Å². The van der Waals surface area contributed by atoms with Gasteiger partial charge in [0.05, 0.1) is 12.7 Å². The highest BCUT2D eigenvalue weighted by molar-refractivity contribution is 5.49. The molecule has 2 aliphatic rings. The lowest BCUT2D eigenvalue weighted by molar-refractivity contribution is 0.0258. The number of hydrogen-bond acceptors (Lipinski definition) is 3. The average molecular weight is 260 g/mol. The van der Waals surface area contributed by atoms with Crippen LogP contribution in [0.15, 0.2) is 18.2 Å². The van der Waals surface area contributed by atoms with Gasteiger partial charge in [-0.2, -0.15) is 0 Å². The van der Waals surface area contributed by atoms with Crippen LogP contribution in [-0.2, 0) is 17.6 Å². The molecule has 0 aromatic heterocycles. The van der Waals surface area contributed by atoms with E-state index in [0.717, 1.165) is 32.7 Å². The van der Waals surface area contributed by atoms with E-state index in [1.54, 1.807) is 11.1 Å². The number of hydrogen-bond donors (Lipinski definition) is 2. The molecule has 2 N–H and O–H groups in total. The SMILES string of the molecule is c1cc2c(cc1NCCC1CNCCO1)CCCC2. The van der Waals surface area contributed by atoms with Gasteiger partial charge in [-0.1, -0.05) is 6.07 Å². The number of anilines is 1. The van der Waals surface area contributed by atoms with E-state index in [1.807, 2.05) is 0 Å². The molecule has 0 radical (unpaired) electrons. The molecule has 19 heavy (non-hydrogen) atoms. The van der Waals surface area contributed by atoms with Crippen LogP contribution in [0.4, 0.5) is 5.69 Å². The van der Waals surface area contributed by atoms with Gasteiger partial charge in [0.25, 0.3) is 0 Å². The van der Waals surface area contributed by atoms with Crippen molar-refractivity contribution in [3.8, 4) is 0 Å². The first-order valence-corrected chi connectivity index (χ1v) is 7.60. The molecule has 1 unspecified atom stereocenters. The largest absolute Gasteiger partial charge is 0.385 e. The zero-order valence-corrected chi connectivity index (χ0v) is 11.6. The summed E-state index contributed by atoms with van der Waals surface area (Å²) in [6.45, 7) is 3.83. The Bertz CT molecular complexity index is 413. The smallest absolute Gasteiger partial charge is 0.0716 e. The normalized spacial score (nSPS) is 22.8. The second-order valence-electron chi connectivity index (χ2n) is 5.60. The van der Waals surface area contributed by atoms with Gasteiger partial charge in [0.2, 0.25) is 0 Å². The molecule has 0 amide bonds. The van der Waals surface area contributed by atoms with Gasteiger partial charge < -0.3 is 15.4 Å². The molecular weight excluding hydrogens is 236 g/mol. The number of morpholine rings is 1. The van der Waals surface area contributed by atoms with Crippen molar-refractivity contribution >= 4 is 5.69 Å². The molecule has 3 heteroatoms. The second-order valence-corrected chi connectivity index (χ2v) is 5.60. The Labute approximate surface area is 115 Å². The number of rotatable bonds is 4. The summed E-state index contributed by atoms with van der Waals surface area (Å²) in [5.41, 5.74) is 4.37. The Morgan fingerprint density at radius 3 is 2.95 bits per heavy atom. The summed E-state index contributed by atoms with van der Waals surface area (Å²) in [5.74, 6) is 0. The minimum Gasteiger partial charge on any atom is -0.385 e. The summed E-state index contributed by atoms with van der Waals surface area (Å²) < 4.78 is 5.70. The van der Waals surface area contributed by atoms with Gasteiger partial charge >= 0.3 is 0 Å². The van der Waals surface area contributed by atoms with Gasteiger partial charge in [0, 0.05) is 25.3 Å². The van der Waals surface area contributed by atoms with Crippen LogP contribution in [0.1, 0.15) is 30.4 Å². The minimum absolute atomic E-state index is 0.374. The van der Waals surface area contributed by atoms with Crippen LogP contribution < -0.4 is 10.6 Å². The van der Waals surface area contributed by atoms with E-state index in [4.69, 9.17) is 4.74 Å². The van der Waals surface area contributed by atoms with E-state index in [-0.39, 0.29) is 0 Å². The summed E-state index contributed by atoms with van der Waals surface area (Å²) in [5, 5.41) is 6.91. The van der Waals surface area contributed by atoms with E-state index in [0.29, 0.717) is 6.10 Å². The fourth-order valence-corrected chi connectivity index (χ4v) is 3.03. The highest BCUT2D eigenvalue weighted by Gasteiger charge is 2.13. The van der Waals surface area contributed by atoms with Crippen LogP contribution >= 0.6 is 0 Å². The number of fused-ring (bicyclic) bond motifs is 1. The maximum atomic E-state index is 5.70. The van der Waals surface area contributed by atoms with Gasteiger partial charge in [-0.3, -0.25) is 0 Å². The fraction of sp³-hybridized carbons (Fsp3) is 0.625. The van der Waals surface area contributed by atoms with Crippen LogP contribution in [0.25, 0.3) is 0 Å². The maximum absolute atomic E-state index is 5.70. The molecule has 1 aromatic rings. The Hall–Kier alpha value is -1.06. The van der Waals surface area contributed by atoms with E-state index in [2.05, 4.69) is 28.8 Å². The van der Waals surface area contributed by atoms with E-state index in [9.17, 15) is 0 Å².